The van der Waals surface area contributed by atoms with Gasteiger partial charge in [-0.15, -0.1) is 11.6 Å². The number of anilines is 1. The van der Waals surface area contributed by atoms with Crippen molar-refractivity contribution in [2.45, 2.75) is 19.9 Å². The lowest BCUT2D eigenvalue weighted by molar-refractivity contribution is 0.562. The van der Waals surface area contributed by atoms with Crippen LogP contribution in [0.5, 0.6) is 0 Å². The van der Waals surface area contributed by atoms with Gasteiger partial charge in [0.2, 0.25) is 0 Å². The largest absolute Gasteiger partial charge is 0.366 e. The molecule has 1 rings (SSSR count). The molecule has 0 saturated heterocycles. The molecular weight excluding hydrogens is 186 g/mol. The van der Waals surface area contributed by atoms with E-state index in [2.05, 4.69) is 29.1 Å². The molecule has 1 atom stereocenters. The zero-order chi connectivity index (χ0) is 9.68. The second kappa shape index (κ2) is 5.02. The quantitative estimate of drug-likeness (QED) is 0.756. The summed E-state index contributed by atoms with van der Waals surface area (Å²) in [7, 11) is 0. The first-order valence-corrected chi connectivity index (χ1v) is 4.86. The summed E-state index contributed by atoms with van der Waals surface area (Å²) in [6.07, 6.45) is 3.23. The van der Waals surface area contributed by atoms with E-state index in [1.165, 1.54) is 6.33 Å². The van der Waals surface area contributed by atoms with Crippen LogP contribution in [0.2, 0.25) is 0 Å². The number of alkyl halides is 1. The molecule has 0 aliphatic rings. The lowest BCUT2D eigenvalue weighted by Crippen LogP contribution is -2.27. The van der Waals surface area contributed by atoms with Crippen molar-refractivity contribution in [3.05, 3.63) is 18.6 Å². The van der Waals surface area contributed by atoms with E-state index in [0.717, 1.165) is 5.82 Å². The minimum absolute atomic E-state index is 0.261. The maximum absolute atomic E-state index is 5.81. The van der Waals surface area contributed by atoms with Crippen LogP contribution in [0.25, 0.3) is 0 Å². The van der Waals surface area contributed by atoms with Gasteiger partial charge in [-0.1, -0.05) is 13.8 Å². The Balaban J connectivity index is 2.57. The van der Waals surface area contributed by atoms with E-state index in [9.17, 15) is 0 Å². The summed E-state index contributed by atoms with van der Waals surface area (Å²) in [5.74, 6) is 1.91. The Bertz CT molecular complexity index is 238. The van der Waals surface area contributed by atoms with Crippen LogP contribution in [0.1, 0.15) is 13.8 Å². The van der Waals surface area contributed by atoms with Crippen LogP contribution in [0, 0.1) is 5.92 Å². The molecule has 0 aliphatic carbocycles. The number of halogens is 1. The summed E-state index contributed by atoms with van der Waals surface area (Å²) >= 11 is 5.81. The zero-order valence-electron chi connectivity index (χ0n) is 7.87. The molecule has 1 aromatic rings. The van der Waals surface area contributed by atoms with Crippen LogP contribution in [0.15, 0.2) is 18.6 Å². The van der Waals surface area contributed by atoms with E-state index >= 15 is 0 Å². The van der Waals surface area contributed by atoms with E-state index in [1.54, 1.807) is 6.20 Å². The standard InChI is InChI=1S/C9H14ClN3/c1-7(2)8(5-10)13-9-3-4-11-6-12-9/h3-4,6-8H,5H2,1-2H3,(H,11,12,13). The maximum Gasteiger partial charge on any atom is 0.129 e. The highest BCUT2D eigenvalue weighted by molar-refractivity contribution is 6.18. The van der Waals surface area contributed by atoms with Gasteiger partial charge in [-0.2, -0.15) is 0 Å². The van der Waals surface area contributed by atoms with Gasteiger partial charge in [-0.05, 0) is 12.0 Å². The smallest absolute Gasteiger partial charge is 0.129 e. The Labute approximate surface area is 83.5 Å². The van der Waals surface area contributed by atoms with Crippen LogP contribution >= 0.6 is 11.6 Å². The normalized spacial score (nSPS) is 12.9. The molecular formula is C9H14ClN3. The molecule has 0 aromatic carbocycles. The lowest BCUT2D eigenvalue weighted by Gasteiger charge is -2.19. The molecule has 0 fully saturated rings. The first-order chi connectivity index (χ1) is 6.24. The molecule has 1 aromatic heterocycles. The summed E-state index contributed by atoms with van der Waals surface area (Å²) in [5.41, 5.74) is 0. The van der Waals surface area contributed by atoms with Gasteiger partial charge in [0.05, 0.1) is 0 Å². The Morgan fingerprint density at radius 3 is 2.77 bits per heavy atom. The lowest BCUT2D eigenvalue weighted by atomic mass is 10.1. The predicted octanol–water partition coefficient (Wildman–Crippen LogP) is 2.15. The minimum atomic E-state index is 0.261. The molecule has 1 heterocycles. The fourth-order valence-electron chi connectivity index (χ4n) is 0.949. The minimum Gasteiger partial charge on any atom is -0.366 e. The Morgan fingerprint density at radius 2 is 2.31 bits per heavy atom. The van der Waals surface area contributed by atoms with Crippen molar-refractivity contribution < 1.29 is 0 Å². The molecule has 1 N–H and O–H groups in total. The van der Waals surface area contributed by atoms with Gasteiger partial charge in [-0.25, -0.2) is 9.97 Å². The number of rotatable bonds is 4. The maximum atomic E-state index is 5.81. The molecule has 0 amide bonds. The van der Waals surface area contributed by atoms with E-state index in [1.807, 2.05) is 6.07 Å². The Morgan fingerprint density at radius 1 is 1.54 bits per heavy atom. The van der Waals surface area contributed by atoms with Crippen LogP contribution < -0.4 is 5.32 Å². The number of hydrogen-bond donors (Lipinski definition) is 1. The zero-order valence-corrected chi connectivity index (χ0v) is 8.62. The van der Waals surface area contributed by atoms with Crippen LogP contribution in [-0.2, 0) is 0 Å². The highest BCUT2D eigenvalue weighted by Gasteiger charge is 2.11. The van der Waals surface area contributed by atoms with Crippen molar-refractivity contribution in [3.63, 3.8) is 0 Å². The Kier molecular flexibility index (Phi) is 3.96. The number of nitrogens with zero attached hydrogens (tertiary/aromatic N) is 2. The third-order valence-electron chi connectivity index (χ3n) is 1.89. The Hall–Kier alpha value is -0.830. The van der Waals surface area contributed by atoms with Crippen molar-refractivity contribution in [3.8, 4) is 0 Å². The van der Waals surface area contributed by atoms with Gasteiger partial charge in [0.25, 0.3) is 0 Å². The summed E-state index contributed by atoms with van der Waals surface area (Å²) in [5, 5.41) is 3.25. The van der Waals surface area contributed by atoms with Gasteiger partial charge in [0.15, 0.2) is 0 Å². The van der Waals surface area contributed by atoms with Crippen molar-refractivity contribution in [1.29, 1.82) is 0 Å². The molecule has 0 radical (unpaired) electrons. The van der Waals surface area contributed by atoms with Crippen molar-refractivity contribution >= 4 is 17.4 Å². The van der Waals surface area contributed by atoms with E-state index in [4.69, 9.17) is 11.6 Å². The summed E-state index contributed by atoms with van der Waals surface area (Å²) in [6.45, 7) is 4.25. The highest BCUT2D eigenvalue weighted by Crippen LogP contribution is 2.10. The fourth-order valence-corrected chi connectivity index (χ4v) is 1.38. The van der Waals surface area contributed by atoms with Crippen molar-refractivity contribution in [1.82, 2.24) is 9.97 Å². The average Bonchev–Trinajstić information content (AvgIpc) is 2.15. The molecule has 0 aliphatic heterocycles. The molecule has 0 spiro atoms. The number of aromatic nitrogens is 2. The van der Waals surface area contributed by atoms with Crippen LogP contribution in [-0.4, -0.2) is 21.9 Å². The van der Waals surface area contributed by atoms with E-state index in [-0.39, 0.29) is 6.04 Å². The summed E-state index contributed by atoms with van der Waals surface area (Å²) in [6, 6.07) is 2.10. The molecule has 3 nitrogen and oxygen atoms in total. The van der Waals surface area contributed by atoms with Crippen molar-refractivity contribution in [2.24, 2.45) is 5.92 Å². The summed E-state index contributed by atoms with van der Waals surface area (Å²) in [4.78, 5) is 7.91. The first-order valence-electron chi connectivity index (χ1n) is 4.32. The molecule has 4 heteroatoms. The highest BCUT2D eigenvalue weighted by atomic mass is 35.5. The van der Waals surface area contributed by atoms with Gasteiger partial charge < -0.3 is 5.32 Å². The van der Waals surface area contributed by atoms with Crippen LogP contribution in [0.4, 0.5) is 5.82 Å². The fraction of sp³-hybridized carbons (Fsp3) is 0.556. The average molecular weight is 200 g/mol. The molecule has 13 heavy (non-hydrogen) atoms. The molecule has 72 valence electrons. The number of nitrogens with one attached hydrogen (secondary N) is 1. The molecule has 0 bridgehead atoms. The van der Waals surface area contributed by atoms with E-state index < -0.39 is 0 Å². The van der Waals surface area contributed by atoms with Gasteiger partial charge in [0.1, 0.15) is 12.1 Å². The molecule has 0 saturated carbocycles. The second-order valence-electron chi connectivity index (χ2n) is 3.24. The van der Waals surface area contributed by atoms with Gasteiger partial charge >= 0.3 is 0 Å². The van der Waals surface area contributed by atoms with Crippen LogP contribution in [0.3, 0.4) is 0 Å². The first kappa shape index (κ1) is 10.3. The third-order valence-corrected chi connectivity index (χ3v) is 2.22. The second-order valence-corrected chi connectivity index (χ2v) is 3.55. The monoisotopic (exact) mass is 199 g/mol. The predicted molar refractivity (Wildman–Crippen MR) is 55.0 cm³/mol. The van der Waals surface area contributed by atoms with Crippen molar-refractivity contribution in [2.75, 3.05) is 11.2 Å². The molecule has 1 unspecified atom stereocenters. The topological polar surface area (TPSA) is 37.8 Å². The third kappa shape index (κ3) is 3.19. The van der Waals surface area contributed by atoms with E-state index in [0.29, 0.717) is 11.8 Å². The van der Waals surface area contributed by atoms with Gasteiger partial charge in [0, 0.05) is 18.1 Å². The number of hydrogen-bond acceptors (Lipinski definition) is 3. The summed E-state index contributed by atoms with van der Waals surface area (Å²) < 4.78 is 0. The SMILES string of the molecule is CC(C)C(CCl)Nc1ccncn1. The van der Waals surface area contributed by atoms with Gasteiger partial charge in [-0.3, -0.25) is 0 Å².